The summed E-state index contributed by atoms with van der Waals surface area (Å²) in [5.41, 5.74) is 0. The zero-order valence-corrected chi connectivity index (χ0v) is 9.94. The number of hydrogen-bond donors (Lipinski definition) is 0. The number of halogens is 1. The summed E-state index contributed by atoms with van der Waals surface area (Å²) in [5.74, 6) is 0.510. The first-order valence-electron chi connectivity index (χ1n) is 4.09. The van der Waals surface area contributed by atoms with Crippen LogP contribution in [0.5, 0.6) is 0 Å². The highest BCUT2D eigenvalue weighted by Crippen LogP contribution is 2.29. The number of alkyl halides is 1. The first kappa shape index (κ1) is 10.1. The lowest BCUT2D eigenvalue weighted by Crippen LogP contribution is -2.07. The van der Waals surface area contributed by atoms with Gasteiger partial charge in [-0.2, -0.15) is 0 Å². The Morgan fingerprint density at radius 3 is 2.50 bits per heavy atom. The second-order valence-electron chi connectivity index (χ2n) is 2.85. The summed E-state index contributed by atoms with van der Waals surface area (Å²) in [5, 5.41) is 10.4. The van der Waals surface area contributed by atoms with E-state index in [0.29, 0.717) is 10.7 Å². The predicted molar refractivity (Wildman–Crippen MR) is 56.1 cm³/mol. The first-order chi connectivity index (χ1) is 5.65. The van der Waals surface area contributed by atoms with Crippen LogP contribution in [0, 0.1) is 6.92 Å². The highest BCUT2D eigenvalue weighted by Gasteiger charge is 2.18. The van der Waals surface area contributed by atoms with Crippen molar-refractivity contribution >= 4 is 27.3 Å². The molecule has 0 aromatic carbocycles. The Labute approximate surface area is 85.5 Å². The minimum Gasteiger partial charge on any atom is -0.144 e. The van der Waals surface area contributed by atoms with Crippen LogP contribution >= 0.6 is 27.3 Å². The average Bonchev–Trinajstić information content (AvgIpc) is 2.37. The van der Waals surface area contributed by atoms with Crippen LogP contribution in [0.2, 0.25) is 0 Å². The SMILES string of the molecule is CCC(c1nnc(C)s1)C(C)Br. The van der Waals surface area contributed by atoms with Gasteiger partial charge >= 0.3 is 0 Å². The van der Waals surface area contributed by atoms with Crippen molar-refractivity contribution in [2.75, 3.05) is 0 Å². The molecule has 0 bridgehead atoms. The molecule has 1 aromatic heterocycles. The third-order valence-electron chi connectivity index (χ3n) is 1.85. The van der Waals surface area contributed by atoms with Crippen molar-refractivity contribution in [3.63, 3.8) is 0 Å². The van der Waals surface area contributed by atoms with Crippen LogP contribution in [-0.2, 0) is 0 Å². The van der Waals surface area contributed by atoms with E-state index in [4.69, 9.17) is 0 Å². The molecular weight excluding hydrogens is 236 g/mol. The topological polar surface area (TPSA) is 25.8 Å². The molecule has 0 saturated carbocycles. The fraction of sp³-hybridized carbons (Fsp3) is 0.750. The van der Waals surface area contributed by atoms with Crippen LogP contribution < -0.4 is 0 Å². The van der Waals surface area contributed by atoms with E-state index >= 15 is 0 Å². The Morgan fingerprint density at radius 1 is 1.50 bits per heavy atom. The van der Waals surface area contributed by atoms with Crippen molar-refractivity contribution < 1.29 is 0 Å². The lowest BCUT2D eigenvalue weighted by molar-refractivity contribution is 0.650. The zero-order chi connectivity index (χ0) is 9.14. The lowest BCUT2D eigenvalue weighted by Gasteiger charge is -2.12. The van der Waals surface area contributed by atoms with Crippen molar-refractivity contribution in [3.8, 4) is 0 Å². The second kappa shape index (κ2) is 4.33. The van der Waals surface area contributed by atoms with Crippen molar-refractivity contribution in [2.24, 2.45) is 0 Å². The van der Waals surface area contributed by atoms with E-state index in [-0.39, 0.29) is 0 Å². The maximum atomic E-state index is 4.15. The maximum absolute atomic E-state index is 4.15. The molecule has 0 amide bonds. The Hall–Kier alpha value is 0.0400. The quantitative estimate of drug-likeness (QED) is 0.769. The van der Waals surface area contributed by atoms with Gasteiger partial charge in [-0.05, 0) is 13.3 Å². The molecule has 0 aliphatic heterocycles. The minimum atomic E-state index is 0.481. The van der Waals surface area contributed by atoms with Gasteiger partial charge in [-0.1, -0.05) is 29.8 Å². The zero-order valence-electron chi connectivity index (χ0n) is 7.54. The molecule has 0 aliphatic carbocycles. The van der Waals surface area contributed by atoms with Crippen molar-refractivity contribution in [1.82, 2.24) is 10.2 Å². The molecular formula is C8H13BrN2S. The van der Waals surface area contributed by atoms with Gasteiger partial charge in [-0.25, -0.2) is 0 Å². The maximum Gasteiger partial charge on any atom is 0.121 e. The van der Waals surface area contributed by atoms with E-state index in [1.165, 1.54) is 0 Å². The molecule has 4 heteroatoms. The van der Waals surface area contributed by atoms with E-state index in [2.05, 4.69) is 40.0 Å². The summed E-state index contributed by atoms with van der Waals surface area (Å²) in [6, 6.07) is 0. The van der Waals surface area contributed by atoms with Gasteiger partial charge in [-0.15, -0.1) is 21.5 Å². The summed E-state index contributed by atoms with van der Waals surface area (Å²) >= 11 is 5.28. The van der Waals surface area contributed by atoms with Gasteiger partial charge in [0.25, 0.3) is 0 Å². The molecule has 2 atom stereocenters. The van der Waals surface area contributed by atoms with Crippen LogP contribution in [0.25, 0.3) is 0 Å². The van der Waals surface area contributed by atoms with Gasteiger partial charge in [0.1, 0.15) is 10.0 Å². The predicted octanol–water partition coefficient (Wildman–Crippen LogP) is 3.12. The number of rotatable bonds is 3. The fourth-order valence-electron chi connectivity index (χ4n) is 1.16. The van der Waals surface area contributed by atoms with Crippen LogP contribution in [0.1, 0.15) is 36.2 Å². The number of nitrogens with zero attached hydrogens (tertiary/aromatic N) is 2. The number of hydrogen-bond acceptors (Lipinski definition) is 3. The lowest BCUT2D eigenvalue weighted by atomic mass is 10.1. The standard InChI is InChI=1S/C8H13BrN2S/c1-4-7(5(2)9)8-11-10-6(3)12-8/h5,7H,4H2,1-3H3. The third kappa shape index (κ3) is 2.26. The molecule has 0 fully saturated rings. The highest BCUT2D eigenvalue weighted by atomic mass is 79.9. The summed E-state index contributed by atoms with van der Waals surface area (Å²) in [4.78, 5) is 0.481. The van der Waals surface area contributed by atoms with Gasteiger partial charge in [0.15, 0.2) is 0 Å². The van der Waals surface area contributed by atoms with Crippen LogP contribution in [0.15, 0.2) is 0 Å². The number of aryl methyl sites for hydroxylation is 1. The van der Waals surface area contributed by atoms with E-state index in [9.17, 15) is 0 Å². The molecule has 0 aliphatic rings. The molecule has 1 aromatic rings. The molecule has 68 valence electrons. The summed E-state index contributed by atoms with van der Waals surface area (Å²) < 4.78 is 0. The minimum absolute atomic E-state index is 0.481. The molecule has 0 N–H and O–H groups in total. The van der Waals surface area contributed by atoms with Crippen LogP contribution in [0.3, 0.4) is 0 Å². The van der Waals surface area contributed by atoms with E-state index < -0.39 is 0 Å². The van der Waals surface area contributed by atoms with Gasteiger partial charge in [0.05, 0.1) is 0 Å². The summed E-state index contributed by atoms with van der Waals surface area (Å²) in [6.45, 7) is 6.33. The van der Waals surface area contributed by atoms with E-state index in [1.807, 2.05) is 6.92 Å². The summed E-state index contributed by atoms with van der Waals surface area (Å²) in [7, 11) is 0. The van der Waals surface area contributed by atoms with Crippen molar-refractivity contribution in [3.05, 3.63) is 10.0 Å². The third-order valence-corrected chi connectivity index (χ3v) is 3.46. The van der Waals surface area contributed by atoms with Gasteiger partial charge in [0.2, 0.25) is 0 Å². The van der Waals surface area contributed by atoms with E-state index in [1.54, 1.807) is 11.3 Å². The fourth-order valence-corrected chi connectivity index (χ4v) is 2.94. The Balaban J connectivity index is 2.80. The van der Waals surface area contributed by atoms with Crippen molar-refractivity contribution in [2.45, 2.75) is 37.9 Å². The van der Waals surface area contributed by atoms with Crippen LogP contribution in [-0.4, -0.2) is 15.0 Å². The van der Waals surface area contributed by atoms with Gasteiger partial charge in [0, 0.05) is 10.7 Å². The monoisotopic (exact) mass is 248 g/mol. The molecule has 0 radical (unpaired) electrons. The molecule has 0 spiro atoms. The molecule has 2 unspecified atom stereocenters. The van der Waals surface area contributed by atoms with E-state index in [0.717, 1.165) is 16.4 Å². The molecule has 2 nitrogen and oxygen atoms in total. The molecule has 1 heterocycles. The van der Waals surface area contributed by atoms with Gasteiger partial charge < -0.3 is 0 Å². The Morgan fingerprint density at radius 2 is 2.17 bits per heavy atom. The van der Waals surface area contributed by atoms with Crippen LogP contribution in [0.4, 0.5) is 0 Å². The Kier molecular flexibility index (Phi) is 3.65. The summed E-state index contributed by atoms with van der Waals surface area (Å²) in [6.07, 6.45) is 1.11. The molecule has 12 heavy (non-hydrogen) atoms. The number of aromatic nitrogens is 2. The van der Waals surface area contributed by atoms with Gasteiger partial charge in [-0.3, -0.25) is 0 Å². The first-order valence-corrected chi connectivity index (χ1v) is 5.82. The molecule has 0 saturated heterocycles. The smallest absolute Gasteiger partial charge is 0.121 e. The highest BCUT2D eigenvalue weighted by molar-refractivity contribution is 9.09. The average molecular weight is 249 g/mol. The molecule has 1 rings (SSSR count). The second-order valence-corrected chi connectivity index (χ2v) is 5.51. The largest absolute Gasteiger partial charge is 0.144 e. The Bertz CT molecular complexity index is 247. The normalized spacial score (nSPS) is 16.0. The van der Waals surface area contributed by atoms with Crippen molar-refractivity contribution in [1.29, 1.82) is 0 Å².